The van der Waals surface area contributed by atoms with Gasteiger partial charge in [-0.05, 0) is 22.0 Å². The van der Waals surface area contributed by atoms with Crippen LogP contribution in [0.5, 0.6) is 0 Å². The van der Waals surface area contributed by atoms with Crippen LogP contribution >= 0.6 is 27.3 Å². The molecule has 1 aromatic heterocycles. The second-order valence-corrected chi connectivity index (χ2v) is 6.09. The highest BCUT2D eigenvalue weighted by atomic mass is 79.9. The number of carboxylic acid groups (broad SMARTS) is 1. The minimum Gasteiger partial charge on any atom is -0.480 e. The van der Waals surface area contributed by atoms with Gasteiger partial charge in [-0.2, -0.15) is 0 Å². The summed E-state index contributed by atoms with van der Waals surface area (Å²) in [6.45, 7) is -0.0391. The van der Waals surface area contributed by atoms with Crippen LogP contribution in [0, 0.1) is 0 Å². The van der Waals surface area contributed by atoms with Crippen LogP contribution in [0.2, 0.25) is 0 Å². The van der Waals surface area contributed by atoms with Crippen molar-refractivity contribution in [1.82, 2.24) is 15.5 Å². The topological polar surface area (TPSA) is 98.7 Å². The van der Waals surface area contributed by atoms with Crippen LogP contribution < -0.4 is 10.6 Å². The number of urea groups is 1. The highest BCUT2D eigenvalue weighted by molar-refractivity contribution is 9.10. The fraction of sp³-hybridized carbons (Fsp3) is 0.364. The minimum absolute atomic E-state index is 0.0772. The third-order valence-corrected chi connectivity index (χ3v) is 4.46. The molecule has 20 heavy (non-hydrogen) atoms. The van der Waals surface area contributed by atoms with Gasteiger partial charge in [0.1, 0.15) is 12.6 Å². The first-order valence-electron chi connectivity index (χ1n) is 5.74. The van der Waals surface area contributed by atoms with Gasteiger partial charge in [-0.1, -0.05) is 0 Å². The summed E-state index contributed by atoms with van der Waals surface area (Å²) in [4.78, 5) is 36.3. The quantitative estimate of drug-likeness (QED) is 0.734. The number of aliphatic carboxylic acids is 1. The molecule has 0 aliphatic carbocycles. The van der Waals surface area contributed by atoms with E-state index >= 15 is 0 Å². The van der Waals surface area contributed by atoms with Crippen LogP contribution in [-0.2, 0) is 16.1 Å². The Labute approximate surface area is 127 Å². The lowest BCUT2D eigenvalue weighted by Crippen LogP contribution is -2.61. The van der Waals surface area contributed by atoms with Gasteiger partial charge in [-0.3, -0.25) is 9.69 Å². The van der Waals surface area contributed by atoms with Crippen molar-refractivity contribution < 1.29 is 19.5 Å². The van der Waals surface area contributed by atoms with Crippen molar-refractivity contribution in [3.05, 3.63) is 20.8 Å². The first-order chi connectivity index (χ1) is 9.47. The van der Waals surface area contributed by atoms with Crippen molar-refractivity contribution in [1.29, 1.82) is 0 Å². The Morgan fingerprint density at radius 2 is 2.35 bits per heavy atom. The molecule has 2 heterocycles. The number of carboxylic acids is 1. The van der Waals surface area contributed by atoms with Gasteiger partial charge < -0.3 is 15.7 Å². The number of hydrogen-bond donors (Lipinski definition) is 3. The summed E-state index contributed by atoms with van der Waals surface area (Å²) < 4.78 is 0.924. The smallest absolute Gasteiger partial charge is 0.328 e. The molecule has 1 aliphatic heterocycles. The zero-order valence-corrected chi connectivity index (χ0v) is 12.7. The zero-order valence-electron chi connectivity index (χ0n) is 10.3. The SMILES string of the molecule is O=C1CN(C(=O)NCc2cc(Br)cs2)C(C(=O)O)CN1. The maximum atomic E-state index is 12.0. The zero-order chi connectivity index (χ0) is 14.7. The largest absolute Gasteiger partial charge is 0.480 e. The van der Waals surface area contributed by atoms with Crippen LogP contribution in [-0.4, -0.2) is 47.0 Å². The van der Waals surface area contributed by atoms with Gasteiger partial charge in [0.15, 0.2) is 0 Å². The standard InChI is InChI=1S/C11H12BrN3O4S/c12-6-1-7(20-5-6)2-14-11(19)15-4-9(16)13-3-8(15)10(17)18/h1,5,8H,2-4H2,(H,13,16)(H,14,19)(H,17,18). The van der Waals surface area contributed by atoms with Crippen LogP contribution in [0.4, 0.5) is 4.79 Å². The van der Waals surface area contributed by atoms with E-state index < -0.39 is 18.0 Å². The molecule has 1 fully saturated rings. The molecule has 1 unspecified atom stereocenters. The molecule has 9 heteroatoms. The summed E-state index contributed by atoms with van der Waals surface area (Å²) in [5.41, 5.74) is 0. The van der Waals surface area contributed by atoms with E-state index in [4.69, 9.17) is 5.11 Å². The number of halogens is 1. The van der Waals surface area contributed by atoms with Gasteiger partial charge in [-0.15, -0.1) is 11.3 Å². The predicted molar refractivity (Wildman–Crippen MR) is 75.4 cm³/mol. The van der Waals surface area contributed by atoms with Crippen molar-refractivity contribution in [2.45, 2.75) is 12.6 Å². The average molecular weight is 362 g/mol. The molecule has 1 aliphatic rings. The molecule has 7 nitrogen and oxygen atoms in total. The molecule has 1 saturated heterocycles. The van der Waals surface area contributed by atoms with Crippen molar-refractivity contribution in [2.75, 3.05) is 13.1 Å². The fourth-order valence-corrected chi connectivity index (χ4v) is 3.18. The van der Waals surface area contributed by atoms with E-state index in [1.165, 1.54) is 11.3 Å². The van der Waals surface area contributed by atoms with Gasteiger partial charge in [-0.25, -0.2) is 9.59 Å². The van der Waals surface area contributed by atoms with Crippen LogP contribution in [0.1, 0.15) is 4.88 Å². The summed E-state index contributed by atoms with van der Waals surface area (Å²) in [5.74, 6) is -1.50. The van der Waals surface area contributed by atoms with E-state index in [1.807, 2.05) is 11.4 Å². The summed E-state index contributed by atoms with van der Waals surface area (Å²) in [5, 5.41) is 16.0. The van der Waals surface area contributed by atoms with E-state index in [-0.39, 0.29) is 19.0 Å². The molecule has 2 rings (SSSR count). The van der Waals surface area contributed by atoms with Crippen LogP contribution in [0.25, 0.3) is 0 Å². The third kappa shape index (κ3) is 3.48. The number of nitrogens with one attached hydrogen (secondary N) is 2. The highest BCUT2D eigenvalue weighted by Crippen LogP contribution is 2.19. The van der Waals surface area contributed by atoms with Gasteiger partial charge in [0.2, 0.25) is 5.91 Å². The molecular weight excluding hydrogens is 350 g/mol. The molecule has 0 spiro atoms. The Kier molecular flexibility index (Phi) is 4.61. The van der Waals surface area contributed by atoms with E-state index in [9.17, 15) is 14.4 Å². The first-order valence-corrected chi connectivity index (χ1v) is 7.41. The summed E-state index contributed by atoms with van der Waals surface area (Å²) >= 11 is 4.78. The Bertz CT molecular complexity index is 548. The van der Waals surface area contributed by atoms with Crippen LogP contribution in [0.3, 0.4) is 0 Å². The maximum Gasteiger partial charge on any atom is 0.328 e. The molecular formula is C11H12BrN3O4S. The lowest BCUT2D eigenvalue weighted by atomic mass is 10.2. The van der Waals surface area contributed by atoms with Gasteiger partial charge >= 0.3 is 12.0 Å². The van der Waals surface area contributed by atoms with Crippen molar-refractivity contribution in [2.24, 2.45) is 0 Å². The molecule has 1 atom stereocenters. The van der Waals surface area contributed by atoms with E-state index in [1.54, 1.807) is 0 Å². The average Bonchev–Trinajstić information content (AvgIpc) is 2.81. The summed E-state index contributed by atoms with van der Waals surface area (Å²) in [7, 11) is 0. The van der Waals surface area contributed by atoms with Crippen molar-refractivity contribution in [3.63, 3.8) is 0 Å². The van der Waals surface area contributed by atoms with Crippen molar-refractivity contribution >= 4 is 45.2 Å². The Balaban J connectivity index is 1.98. The molecule has 0 aromatic carbocycles. The third-order valence-electron chi connectivity index (χ3n) is 2.76. The van der Waals surface area contributed by atoms with Gasteiger partial charge in [0.25, 0.3) is 0 Å². The monoisotopic (exact) mass is 361 g/mol. The fourth-order valence-electron chi connectivity index (χ4n) is 1.79. The number of piperazine rings is 1. The number of hydrogen-bond acceptors (Lipinski definition) is 4. The van der Waals surface area contributed by atoms with Gasteiger partial charge in [0, 0.05) is 21.3 Å². The Morgan fingerprint density at radius 1 is 1.60 bits per heavy atom. The Hall–Kier alpha value is -1.61. The molecule has 108 valence electrons. The lowest BCUT2D eigenvalue weighted by Gasteiger charge is -2.32. The highest BCUT2D eigenvalue weighted by Gasteiger charge is 2.35. The molecule has 0 radical (unpaired) electrons. The molecule has 0 bridgehead atoms. The first kappa shape index (κ1) is 14.8. The molecule has 0 saturated carbocycles. The molecule has 3 N–H and O–H groups in total. The Morgan fingerprint density at radius 3 is 2.95 bits per heavy atom. The maximum absolute atomic E-state index is 12.0. The van der Waals surface area contributed by atoms with E-state index in [0.29, 0.717) is 6.54 Å². The molecule has 3 amide bonds. The van der Waals surface area contributed by atoms with E-state index in [2.05, 4.69) is 26.6 Å². The number of thiophene rings is 1. The van der Waals surface area contributed by atoms with E-state index in [0.717, 1.165) is 14.2 Å². The number of carbonyl (C=O) groups excluding carboxylic acids is 2. The molecule has 1 aromatic rings. The predicted octanol–water partition coefficient (Wildman–Crippen LogP) is 0.605. The number of amides is 3. The lowest BCUT2D eigenvalue weighted by molar-refractivity contribution is -0.144. The second-order valence-electron chi connectivity index (χ2n) is 4.18. The number of carbonyl (C=O) groups is 3. The number of rotatable bonds is 3. The van der Waals surface area contributed by atoms with Crippen molar-refractivity contribution in [3.8, 4) is 0 Å². The second kappa shape index (κ2) is 6.23. The summed E-state index contributed by atoms with van der Waals surface area (Å²) in [6.07, 6.45) is 0. The van der Waals surface area contributed by atoms with Crippen LogP contribution in [0.15, 0.2) is 15.9 Å². The van der Waals surface area contributed by atoms with Gasteiger partial charge in [0.05, 0.1) is 6.54 Å². The minimum atomic E-state index is -1.14. The number of nitrogens with zero attached hydrogens (tertiary/aromatic N) is 1. The normalized spacial score (nSPS) is 18.6. The summed E-state index contributed by atoms with van der Waals surface area (Å²) in [6, 6.07) is 0.266.